The minimum Gasteiger partial charge on any atom is -0.388 e. The van der Waals surface area contributed by atoms with Crippen LogP contribution < -0.4 is 0 Å². The molecule has 0 saturated heterocycles. The van der Waals surface area contributed by atoms with Crippen LogP contribution in [0.1, 0.15) is 23.1 Å². The average molecular weight is 258 g/mol. The third-order valence-corrected chi connectivity index (χ3v) is 2.86. The van der Waals surface area contributed by atoms with E-state index in [1.54, 1.807) is 25.1 Å². The molecule has 5 nitrogen and oxygen atoms in total. The van der Waals surface area contributed by atoms with Crippen LogP contribution in [0.25, 0.3) is 0 Å². The Labute approximate surface area is 110 Å². The molecule has 0 amide bonds. The summed E-state index contributed by atoms with van der Waals surface area (Å²) in [5.41, 5.74) is 1.67. The summed E-state index contributed by atoms with van der Waals surface area (Å²) in [5.74, 6) is 0. The predicted molar refractivity (Wildman–Crippen MR) is 70.7 cm³/mol. The van der Waals surface area contributed by atoms with Gasteiger partial charge in [0.15, 0.2) is 0 Å². The number of benzene rings is 1. The van der Waals surface area contributed by atoms with Crippen molar-refractivity contribution >= 4 is 5.69 Å². The lowest BCUT2D eigenvalue weighted by Crippen LogP contribution is -2.07. The Morgan fingerprint density at radius 2 is 1.95 bits per heavy atom. The zero-order chi connectivity index (χ0) is 13.8. The third kappa shape index (κ3) is 3.14. The minimum absolute atomic E-state index is 0.0550. The van der Waals surface area contributed by atoms with Crippen LogP contribution in [0, 0.1) is 17.0 Å². The second kappa shape index (κ2) is 5.58. The highest BCUT2D eigenvalue weighted by molar-refractivity contribution is 5.37. The van der Waals surface area contributed by atoms with Gasteiger partial charge in [-0.25, -0.2) is 0 Å². The van der Waals surface area contributed by atoms with E-state index in [4.69, 9.17) is 0 Å². The van der Waals surface area contributed by atoms with Gasteiger partial charge in [0.2, 0.25) is 0 Å². The lowest BCUT2D eigenvalue weighted by molar-refractivity contribution is -0.386. The largest absolute Gasteiger partial charge is 0.388 e. The van der Waals surface area contributed by atoms with Crippen LogP contribution >= 0.6 is 0 Å². The molecular formula is C14H14N2O3. The number of hydrogen-bond donors (Lipinski definition) is 1. The SMILES string of the molecule is Cc1ccc([N+](=O)[O-])c(CC(O)c2ccccc2)n1. The summed E-state index contributed by atoms with van der Waals surface area (Å²) in [6.45, 7) is 1.77. The van der Waals surface area contributed by atoms with Crippen molar-refractivity contribution in [3.63, 3.8) is 0 Å². The number of nitro groups is 1. The van der Waals surface area contributed by atoms with Crippen LogP contribution in [0.3, 0.4) is 0 Å². The zero-order valence-corrected chi connectivity index (χ0v) is 10.5. The summed E-state index contributed by atoms with van der Waals surface area (Å²) in [7, 11) is 0. The van der Waals surface area contributed by atoms with Crippen molar-refractivity contribution in [1.29, 1.82) is 0 Å². The molecule has 0 spiro atoms. The molecule has 1 atom stereocenters. The van der Waals surface area contributed by atoms with Crippen molar-refractivity contribution < 1.29 is 10.0 Å². The maximum Gasteiger partial charge on any atom is 0.290 e. The Balaban J connectivity index is 2.28. The van der Waals surface area contributed by atoms with Gasteiger partial charge in [-0.05, 0) is 18.6 Å². The van der Waals surface area contributed by atoms with Crippen LogP contribution in [0.4, 0.5) is 5.69 Å². The standard InChI is InChI=1S/C14H14N2O3/c1-10-7-8-13(16(18)19)12(15-10)9-14(17)11-5-3-2-4-6-11/h2-8,14,17H,9H2,1H3. The van der Waals surface area contributed by atoms with E-state index in [-0.39, 0.29) is 12.1 Å². The average Bonchev–Trinajstić information content (AvgIpc) is 2.39. The van der Waals surface area contributed by atoms with E-state index >= 15 is 0 Å². The molecule has 0 radical (unpaired) electrons. The summed E-state index contributed by atoms with van der Waals surface area (Å²) >= 11 is 0. The monoisotopic (exact) mass is 258 g/mol. The van der Waals surface area contributed by atoms with Crippen LogP contribution in [0.15, 0.2) is 42.5 Å². The number of rotatable bonds is 4. The molecule has 0 aliphatic rings. The Hall–Kier alpha value is -2.27. The van der Waals surface area contributed by atoms with Crippen LogP contribution in [-0.4, -0.2) is 15.0 Å². The van der Waals surface area contributed by atoms with Gasteiger partial charge in [-0.2, -0.15) is 0 Å². The molecule has 5 heteroatoms. The summed E-state index contributed by atoms with van der Waals surface area (Å²) in [6, 6.07) is 12.1. The highest BCUT2D eigenvalue weighted by Gasteiger charge is 2.19. The Morgan fingerprint density at radius 3 is 2.58 bits per heavy atom. The predicted octanol–water partition coefficient (Wildman–Crippen LogP) is 2.57. The van der Waals surface area contributed by atoms with Crippen molar-refractivity contribution in [3.05, 3.63) is 69.5 Å². The maximum absolute atomic E-state index is 10.9. The highest BCUT2D eigenvalue weighted by Crippen LogP contribution is 2.23. The van der Waals surface area contributed by atoms with E-state index in [1.165, 1.54) is 6.07 Å². The molecular weight excluding hydrogens is 244 g/mol. The molecule has 0 bridgehead atoms. The number of aliphatic hydroxyl groups excluding tert-OH is 1. The van der Waals surface area contributed by atoms with E-state index in [1.807, 2.05) is 18.2 Å². The first-order valence-corrected chi connectivity index (χ1v) is 5.92. The van der Waals surface area contributed by atoms with Gasteiger partial charge < -0.3 is 5.11 Å². The second-order valence-electron chi connectivity index (χ2n) is 4.31. The number of aliphatic hydroxyl groups is 1. The van der Waals surface area contributed by atoms with Gasteiger partial charge in [-0.3, -0.25) is 15.1 Å². The molecule has 0 fully saturated rings. The van der Waals surface area contributed by atoms with E-state index in [2.05, 4.69) is 4.98 Å². The third-order valence-electron chi connectivity index (χ3n) is 2.86. The molecule has 0 saturated carbocycles. The summed E-state index contributed by atoms with van der Waals surface area (Å²) in [5, 5.41) is 21.0. The first-order valence-electron chi connectivity index (χ1n) is 5.92. The quantitative estimate of drug-likeness (QED) is 0.675. The van der Waals surface area contributed by atoms with Gasteiger partial charge in [-0.15, -0.1) is 0 Å². The first-order chi connectivity index (χ1) is 9.08. The van der Waals surface area contributed by atoms with Crippen LogP contribution in [-0.2, 0) is 6.42 Å². The summed E-state index contributed by atoms with van der Waals surface area (Å²) in [4.78, 5) is 14.6. The van der Waals surface area contributed by atoms with Crippen LogP contribution in [0.2, 0.25) is 0 Å². The molecule has 1 N–H and O–H groups in total. The molecule has 98 valence electrons. The summed E-state index contributed by atoms with van der Waals surface area (Å²) < 4.78 is 0. The topological polar surface area (TPSA) is 76.3 Å². The van der Waals surface area contributed by atoms with E-state index < -0.39 is 11.0 Å². The van der Waals surface area contributed by atoms with E-state index in [9.17, 15) is 15.2 Å². The first kappa shape index (κ1) is 13.2. The molecule has 1 heterocycles. The van der Waals surface area contributed by atoms with Gasteiger partial charge >= 0.3 is 0 Å². The Morgan fingerprint density at radius 1 is 1.26 bits per heavy atom. The van der Waals surface area contributed by atoms with Gasteiger partial charge in [0.25, 0.3) is 5.69 Å². The number of aromatic nitrogens is 1. The van der Waals surface area contributed by atoms with E-state index in [0.29, 0.717) is 11.4 Å². The van der Waals surface area contributed by atoms with Crippen molar-refractivity contribution in [3.8, 4) is 0 Å². The fraction of sp³-hybridized carbons (Fsp3) is 0.214. The lowest BCUT2D eigenvalue weighted by Gasteiger charge is -2.11. The number of hydrogen-bond acceptors (Lipinski definition) is 4. The molecule has 2 rings (SSSR count). The zero-order valence-electron chi connectivity index (χ0n) is 10.5. The second-order valence-corrected chi connectivity index (χ2v) is 4.31. The maximum atomic E-state index is 10.9. The van der Waals surface area contributed by atoms with Crippen molar-refractivity contribution in [2.75, 3.05) is 0 Å². The fourth-order valence-corrected chi connectivity index (χ4v) is 1.90. The Kier molecular flexibility index (Phi) is 3.87. The van der Waals surface area contributed by atoms with Gasteiger partial charge in [-0.1, -0.05) is 30.3 Å². The van der Waals surface area contributed by atoms with Crippen LogP contribution in [0.5, 0.6) is 0 Å². The van der Waals surface area contributed by atoms with Gasteiger partial charge in [0.05, 0.1) is 11.0 Å². The highest BCUT2D eigenvalue weighted by atomic mass is 16.6. The molecule has 0 aliphatic carbocycles. The fourth-order valence-electron chi connectivity index (χ4n) is 1.90. The molecule has 2 aromatic rings. The van der Waals surface area contributed by atoms with E-state index in [0.717, 1.165) is 5.56 Å². The lowest BCUT2D eigenvalue weighted by atomic mass is 10.0. The Bertz CT molecular complexity index is 584. The normalized spacial score (nSPS) is 12.1. The molecule has 1 unspecified atom stereocenters. The number of aryl methyl sites for hydroxylation is 1. The van der Waals surface area contributed by atoms with Gasteiger partial charge in [0.1, 0.15) is 5.69 Å². The van der Waals surface area contributed by atoms with Crippen molar-refractivity contribution in [1.82, 2.24) is 4.98 Å². The van der Waals surface area contributed by atoms with Gasteiger partial charge in [0, 0.05) is 18.2 Å². The number of nitrogens with zero attached hydrogens (tertiary/aromatic N) is 2. The smallest absolute Gasteiger partial charge is 0.290 e. The molecule has 1 aromatic heterocycles. The van der Waals surface area contributed by atoms with Crippen molar-refractivity contribution in [2.24, 2.45) is 0 Å². The molecule has 0 aliphatic heterocycles. The van der Waals surface area contributed by atoms with Crippen molar-refractivity contribution in [2.45, 2.75) is 19.4 Å². The minimum atomic E-state index is -0.797. The summed E-state index contributed by atoms with van der Waals surface area (Å²) in [6.07, 6.45) is -0.670. The number of pyridine rings is 1. The molecule has 1 aromatic carbocycles. The molecule has 19 heavy (non-hydrogen) atoms.